The van der Waals surface area contributed by atoms with Gasteiger partial charge in [-0.2, -0.15) is 0 Å². The van der Waals surface area contributed by atoms with Crippen molar-refractivity contribution in [2.24, 2.45) is 0 Å². The maximum atomic E-state index is 13.4. The molecule has 0 radical (unpaired) electrons. The molecule has 104 valence electrons. The van der Waals surface area contributed by atoms with Gasteiger partial charge in [0.2, 0.25) is 0 Å². The van der Waals surface area contributed by atoms with Gasteiger partial charge < -0.3 is 10.2 Å². The van der Waals surface area contributed by atoms with Gasteiger partial charge in [0, 0.05) is 29.9 Å². The first-order chi connectivity index (χ1) is 9.19. The van der Waals surface area contributed by atoms with E-state index in [4.69, 9.17) is 0 Å². The van der Waals surface area contributed by atoms with Gasteiger partial charge in [0.25, 0.3) is 0 Å². The van der Waals surface area contributed by atoms with Crippen LogP contribution < -0.4 is 10.2 Å². The van der Waals surface area contributed by atoms with E-state index in [2.05, 4.69) is 10.2 Å². The predicted molar refractivity (Wildman–Crippen MR) is 72.3 cm³/mol. The quantitative estimate of drug-likeness (QED) is 0.885. The molecule has 2 bridgehead atoms. The second kappa shape index (κ2) is 5.08. The molecular formula is C15H20F2N2. The third kappa shape index (κ3) is 2.34. The molecule has 2 atom stereocenters. The van der Waals surface area contributed by atoms with E-state index < -0.39 is 11.6 Å². The third-order valence-electron chi connectivity index (χ3n) is 4.58. The smallest absolute Gasteiger partial charge is 0.160 e. The van der Waals surface area contributed by atoms with Gasteiger partial charge in [-0.15, -0.1) is 0 Å². The number of hydrogen-bond acceptors (Lipinski definition) is 2. The van der Waals surface area contributed by atoms with Gasteiger partial charge in [0.15, 0.2) is 11.6 Å². The van der Waals surface area contributed by atoms with Crippen molar-refractivity contribution < 1.29 is 8.78 Å². The van der Waals surface area contributed by atoms with Crippen molar-refractivity contribution in [3.05, 3.63) is 29.8 Å². The van der Waals surface area contributed by atoms with Crippen LogP contribution in [0.4, 0.5) is 14.5 Å². The Balaban J connectivity index is 1.89. The highest BCUT2D eigenvalue weighted by Gasteiger charge is 2.37. The molecule has 2 saturated heterocycles. The van der Waals surface area contributed by atoms with E-state index in [-0.39, 0.29) is 0 Å². The minimum absolute atomic E-state index is 0.454. The second-order valence-electron chi connectivity index (χ2n) is 5.70. The predicted octanol–water partition coefficient (Wildman–Crippen LogP) is 3.07. The number of fused-ring (bicyclic) bond motifs is 2. The van der Waals surface area contributed by atoms with Crippen LogP contribution in [0, 0.1) is 11.6 Å². The van der Waals surface area contributed by atoms with Gasteiger partial charge in [0.1, 0.15) is 0 Å². The van der Waals surface area contributed by atoms with Crippen LogP contribution in [-0.2, 0) is 0 Å². The number of anilines is 1. The Morgan fingerprint density at radius 3 is 2.37 bits per heavy atom. The van der Waals surface area contributed by atoms with Crippen molar-refractivity contribution in [1.29, 1.82) is 0 Å². The molecule has 2 nitrogen and oxygen atoms in total. The summed E-state index contributed by atoms with van der Waals surface area (Å²) < 4.78 is 26.5. The first kappa shape index (κ1) is 12.9. The Kier molecular flexibility index (Phi) is 3.44. The number of rotatable bonds is 2. The molecular weight excluding hydrogens is 246 g/mol. The van der Waals surface area contributed by atoms with Gasteiger partial charge >= 0.3 is 0 Å². The van der Waals surface area contributed by atoms with Crippen LogP contribution in [0.2, 0.25) is 0 Å². The summed E-state index contributed by atoms with van der Waals surface area (Å²) in [5, 5.41) is 3.36. The van der Waals surface area contributed by atoms with Crippen LogP contribution in [-0.4, -0.2) is 25.2 Å². The number of nitrogens with zero attached hydrogens (tertiary/aromatic N) is 1. The summed E-state index contributed by atoms with van der Waals surface area (Å²) in [6.07, 6.45) is 5.71. The molecule has 0 aromatic heterocycles. The van der Waals surface area contributed by atoms with Crippen molar-refractivity contribution >= 4 is 5.69 Å². The van der Waals surface area contributed by atoms with E-state index in [1.54, 1.807) is 6.07 Å². The Labute approximate surface area is 112 Å². The normalized spacial score (nSPS) is 30.5. The second-order valence-corrected chi connectivity index (χ2v) is 5.70. The van der Waals surface area contributed by atoms with E-state index in [1.807, 2.05) is 7.05 Å². The lowest BCUT2D eigenvalue weighted by molar-refractivity contribution is 0.252. The summed E-state index contributed by atoms with van der Waals surface area (Å²) in [4.78, 5) is 2.32. The summed E-state index contributed by atoms with van der Waals surface area (Å²) in [5.41, 5.74) is 0.836. The maximum Gasteiger partial charge on any atom is 0.160 e. The zero-order valence-corrected chi connectivity index (χ0v) is 11.2. The van der Waals surface area contributed by atoms with Gasteiger partial charge in [0.05, 0.1) is 0 Å². The summed E-state index contributed by atoms with van der Waals surface area (Å²) >= 11 is 0. The first-order valence-corrected chi connectivity index (χ1v) is 7.09. The monoisotopic (exact) mass is 266 g/mol. The number of benzene rings is 1. The molecule has 2 unspecified atom stereocenters. The van der Waals surface area contributed by atoms with Crippen molar-refractivity contribution in [3.8, 4) is 0 Å². The number of halogens is 2. The Morgan fingerprint density at radius 1 is 1.11 bits per heavy atom. The first-order valence-electron chi connectivity index (χ1n) is 7.09. The summed E-state index contributed by atoms with van der Waals surface area (Å²) in [7, 11) is 2.01. The Morgan fingerprint density at radius 2 is 1.79 bits per heavy atom. The average Bonchev–Trinajstić information content (AvgIpc) is 2.40. The van der Waals surface area contributed by atoms with E-state index in [0.717, 1.165) is 31.4 Å². The molecule has 3 rings (SSSR count). The van der Waals surface area contributed by atoms with Crippen LogP contribution in [0.15, 0.2) is 18.2 Å². The number of nitrogens with one attached hydrogen (secondary N) is 1. The minimum Gasteiger partial charge on any atom is -0.365 e. The molecule has 1 aromatic carbocycles. The minimum atomic E-state index is -0.765. The van der Waals surface area contributed by atoms with Crippen LogP contribution >= 0.6 is 0 Å². The molecule has 1 aromatic rings. The number of hydrogen-bond donors (Lipinski definition) is 1. The molecule has 0 aliphatic carbocycles. The standard InChI is InChI=1S/C15H20F2N2/c1-18-10-7-11-3-2-4-12(8-10)19(11)13-5-6-14(16)15(17)9-13/h5-6,9-12,18H,2-4,7-8H2,1H3. The van der Waals surface area contributed by atoms with E-state index in [9.17, 15) is 8.78 Å². The summed E-state index contributed by atoms with van der Waals surface area (Å²) in [6.45, 7) is 0. The highest BCUT2D eigenvalue weighted by molar-refractivity contribution is 5.50. The topological polar surface area (TPSA) is 15.3 Å². The van der Waals surface area contributed by atoms with E-state index >= 15 is 0 Å². The maximum absolute atomic E-state index is 13.4. The van der Waals surface area contributed by atoms with Gasteiger partial charge in [-0.1, -0.05) is 0 Å². The van der Waals surface area contributed by atoms with Crippen LogP contribution in [0.25, 0.3) is 0 Å². The van der Waals surface area contributed by atoms with Crippen molar-refractivity contribution in [1.82, 2.24) is 5.32 Å². The summed E-state index contributed by atoms with van der Waals surface area (Å²) in [6, 6.07) is 5.76. The molecule has 1 N–H and O–H groups in total. The van der Waals surface area contributed by atoms with Gasteiger partial charge in [-0.3, -0.25) is 0 Å². The lowest BCUT2D eigenvalue weighted by atomic mass is 9.81. The molecule has 2 heterocycles. The molecule has 0 spiro atoms. The van der Waals surface area contributed by atoms with Crippen LogP contribution in [0.5, 0.6) is 0 Å². The molecule has 0 amide bonds. The Bertz CT molecular complexity index is 449. The Hall–Kier alpha value is -1.16. The van der Waals surface area contributed by atoms with Crippen molar-refractivity contribution in [2.45, 2.75) is 50.2 Å². The molecule has 2 aliphatic rings. The van der Waals surface area contributed by atoms with Gasteiger partial charge in [-0.25, -0.2) is 8.78 Å². The SMILES string of the molecule is CNC1CC2CCCC(C1)N2c1ccc(F)c(F)c1. The highest BCUT2D eigenvalue weighted by Crippen LogP contribution is 2.38. The lowest BCUT2D eigenvalue weighted by Gasteiger charge is -2.50. The molecule has 19 heavy (non-hydrogen) atoms. The largest absolute Gasteiger partial charge is 0.365 e. The fraction of sp³-hybridized carbons (Fsp3) is 0.600. The fourth-order valence-electron chi connectivity index (χ4n) is 3.68. The number of piperidine rings is 2. The molecule has 4 heteroatoms. The van der Waals surface area contributed by atoms with Gasteiger partial charge in [-0.05, 0) is 51.3 Å². The van der Waals surface area contributed by atoms with Crippen molar-refractivity contribution in [2.75, 3.05) is 11.9 Å². The van der Waals surface area contributed by atoms with E-state index in [0.29, 0.717) is 18.1 Å². The molecule has 2 fully saturated rings. The lowest BCUT2D eigenvalue weighted by Crippen LogP contribution is -2.56. The molecule has 0 saturated carbocycles. The third-order valence-corrected chi connectivity index (χ3v) is 4.58. The van der Waals surface area contributed by atoms with E-state index in [1.165, 1.54) is 18.6 Å². The fourth-order valence-corrected chi connectivity index (χ4v) is 3.68. The zero-order chi connectivity index (χ0) is 13.4. The van der Waals surface area contributed by atoms with Crippen LogP contribution in [0.3, 0.4) is 0 Å². The van der Waals surface area contributed by atoms with Crippen molar-refractivity contribution in [3.63, 3.8) is 0 Å². The highest BCUT2D eigenvalue weighted by atomic mass is 19.2. The zero-order valence-electron chi connectivity index (χ0n) is 11.2. The van der Waals surface area contributed by atoms with Crippen LogP contribution in [0.1, 0.15) is 32.1 Å². The average molecular weight is 266 g/mol. The summed E-state index contributed by atoms with van der Waals surface area (Å²) in [5.74, 6) is -1.51. The molecule has 2 aliphatic heterocycles.